The highest BCUT2D eigenvalue weighted by atomic mass is 32.2. The van der Waals surface area contributed by atoms with Crippen LogP contribution in [0.2, 0.25) is 0 Å². The molecule has 2 aromatic heterocycles. The Kier molecular flexibility index (Phi) is 5.30. The topological polar surface area (TPSA) is 83.9 Å². The molecule has 1 aliphatic carbocycles. The summed E-state index contributed by atoms with van der Waals surface area (Å²) in [7, 11) is 0. The van der Waals surface area contributed by atoms with E-state index < -0.39 is 0 Å². The molecular weight excluding hydrogens is 410 g/mol. The van der Waals surface area contributed by atoms with E-state index in [1.165, 1.54) is 18.0 Å². The average molecular weight is 432 g/mol. The zero-order valence-electron chi connectivity index (χ0n) is 16.8. The maximum absolute atomic E-state index is 13.0. The number of benzene rings is 2. The normalized spacial score (nSPS) is 13.4. The van der Waals surface area contributed by atoms with Gasteiger partial charge in [-0.05, 0) is 30.5 Å². The van der Waals surface area contributed by atoms with Crippen LogP contribution >= 0.6 is 11.8 Å². The number of fused-ring (bicyclic) bond motifs is 1. The maximum Gasteiger partial charge on any atom is 0.262 e. The highest BCUT2D eigenvalue weighted by molar-refractivity contribution is 7.99. The lowest BCUT2D eigenvalue weighted by atomic mass is 10.2. The van der Waals surface area contributed by atoms with E-state index in [4.69, 9.17) is 0 Å². The minimum Gasteiger partial charge on any atom is -0.335 e. The molecule has 31 heavy (non-hydrogen) atoms. The van der Waals surface area contributed by atoms with Gasteiger partial charge in [-0.15, -0.1) is 0 Å². The SMILES string of the molecule is O=C(CSc1nc2c(cnn2-c2ccccc2)c(=O)[nH]1)N(Cc1ccccc1)C1CC1. The summed E-state index contributed by atoms with van der Waals surface area (Å²) in [5, 5.41) is 5.15. The number of thioether (sulfide) groups is 1. The molecule has 0 saturated heterocycles. The fourth-order valence-corrected chi connectivity index (χ4v) is 4.27. The largest absolute Gasteiger partial charge is 0.335 e. The van der Waals surface area contributed by atoms with E-state index in [-0.39, 0.29) is 17.2 Å². The van der Waals surface area contributed by atoms with E-state index in [0.717, 1.165) is 24.1 Å². The molecule has 156 valence electrons. The lowest BCUT2D eigenvalue weighted by Gasteiger charge is -2.22. The number of amides is 1. The quantitative estimate of drug-likeness (QED) is 0.358. The van der Waals surface area contributed by atoms with Crippen LogP contribution in [0.1, 0.15) is 18.4 Å². The summed E-state index contributed by atoms with van der Waals surface area (Å²) in [6.07, 6.45) is 3.60. The highest BCUT2D eigenvalue weighted by Crippen LogP contribution is 2.29. The molecule has 0 radical (unpaired) electrons. The molecule has 1 aliphatic rings. The first-order chi connectivity index (χ1) is 15.2. The number of H-pyrrole nitrogens is 1. The lowest BCUT2D eigenvalue weighted by Crippen LogP contribution is -2.34. The van der Waals surface area contributed by atoms with Gasteiger partial charge in [0.1, 0.15) is 5.39 Å². The molecule has 0 unspecified atom stereocenters. The molecule has 2 heterocycles. The lowest BCUT2D eigenvalue weighted by molar-refractivity contribution is -0.129. The number of carbonyl (C=O) groups excluding carboxylic acids is 1. The first-order valence-electron chi connectivity index (χ1n) is 10.2. The molecule has 0 bridgehead atoms. The van der Waals surface area contributed by atoms with Gasteiger partial charge in [-0.25, -0.2) is 9.67 Å². The van der Waals surface area contributed by atoms with E-state index in [0.29, 0.717) is 28.8 Å². The van der Waals surface area contributed by atoms with E-state index in [2.05, 4.69) is 15.1 Å². The number of rotatable bonds is 7. The number of nitrogens with one attached hydrogen (secondary N) is 1. The van der Waals surface area contributed by atoms with Gasteiger partial charge in [-0.3, -0.25) is 9.59 Å². The number of carbonyl (C=O) groups is 1. The van der Waals surface area contributed by atoms with Gasteiger partial charge in [0.05, 0.1) is 17.6 Å². The van der Waals surface area contributed by atoms with Crippen molar-refractivity contribution in [2.24, 2.45) is 0 Å². The molecule has 0 aliphatic heterocycles. The summed E-state index contributed by atoms with van der Waals surface area (Å²) in [5.74, 6) is 0.271. The number of aromatic amines is 1. The molecule has 0 atom stereocenters. The summed E-state index contributed by atoms with van der Waals surface area (Å²) >= 11 is 1.25. The third-order valence-corrected chi connectivity index (χ3v) is 6.11. The van der Waals surface area contributed by atoms with Crippen LogP contribution in [-0.2, 0) is 11.3 Å². The summed E-state index contributed by atoms with van der Waals surface area (Å²) in [6.45, 7) is 0.606. The smallest absolute Gasteiger partial charge is 0.262 e. The molecule has 0 spiro atoms. The van der Waals surface area contributed by atoms with Crippen molar-refractivity contribution in [1.29, 1.82) is 0 Å². The molecule has 4 aromatic rings. The van der Waals surface area contributed by atoms with Gasteiger partial charge in [0.2, 0.25) is 5.91 Å². The zero-order valence-corrected chi connectivity index (χ0v) is 17.6. The molecule has 5 rings (SSSR count). The minimum absolute atomic E-state index is 0.0515. The van der Waals surface area contributed by atoms with Crippen molar-refractivity contribution in [3.8, 4) is 5.69 Å². The van der Waals surface area contributed by atoms with Crippen LogP contribution in [0.5, 0.6) is 0 Å². The number of nitrogens with zero attached hydrogens (tertiary/aromatic N) is 4. The summed E-state index contributed by atoms with van der Waals surface area (Å²) in [4.78, 5) is 34.8. The number of para-hydroxylation sites is 1. The van der Waals surface area contributed by atoms with Crippen molar-refractivity contribution >= 4 is 28.7 Å². The Morgan fingerprint density at radius 2 is 1.81 bits per heavy atom. The second-order valence-electron chi connectivity index (χ2n) is 7.53. The standard InChI is InChI=1S/C23H21N5O2S/c29-20(27(17-11-12-17)14-16-7-3-1-4-8-16)15-31-23-25-21-19(22(30)26-23)13-24-28(21)18-9-5-2-6-10-18/h1-10,13,17H,11-12,14-15H2,(H,25,26,30). The van der Waals surface area contributed by atoms with Crippen molar-refractivity contribution in [1.82, 2.24) is 24.6 Å². The monoisotopic (exact) mass is 431 g/mol. The van der Waals surface area contributed by atoms with Crippen LogP contribution in [0.4, 0.5) is 0 Å². The Labute approximate surface area is 183 Å². The molecule has 8 heteroatoms. The van der Waals surface area contributed by atoms with E-state index in [1.807, 2.05) is 65.6 Å². The van der Waals surface area contributed by atoms with Crippen molar-refractivity contribution in [3.63, 3.8) is 0 Å². The second kappa shape index (κ2) is 8.39. The molecule has 7 nitrogen and oxygen atoms in total. The minimum atomic E-state index is -0.259. The molecule has 1 saturated carbocycles. The van der Waals surface area contributed by atoms with Crippen molar-refractivity contribution in [2.75, 3.05) is 5.75 Å². The summed E-state index contributed by atoms with van der Waals surface area (Å²) < 4.78 is 1.64. The number of hydrogen-bond donors (Lipinski definition) is 1. The molecule has 1 amide bonds. The summed E-state index contributed by atoms with van der Waals surface area (Å²) in [6, 6.07) is 19.9. The Bertz CT molecular complexity index is 1270. The molecule has 1 N–H and O–H groups in total. The van der Waals surface area contributed by atoms with Crippen molar-refractivity contribution < 1.29 is 4.79 Å². The molecule has 1 fully saturated rings. The summed E-state index contributed by atoms with van der Waals surface area (Å²) in [5.41, 5.74) is 2.16. The van der Waals surface area contributed by atoms with E-state index >= 15 is 0 Å². The molecule has 2 aromatic carbocycles. The van der Waals surface area contributed by atoms with E-state index in [1.54, 1.807) is 4.68 Å². The van der Waals surface area contributed by atoms with Crippen LogP contribution in [0.15, 0.2) is 76.8 Å². The van der Waals surface area contributed by atoms with Gasteiger partial charge in [0.15, 0.2) is 10.8 Å². The third kappa shape index (κ3) is 4.25. The van der Waals surface area contributed by atoms with Crippen LogP contribution < -0.4 is 5.56 Å². The Morgan fingerprint density at radius 3 is 2.52 bits per heavy atom. The van der Waals surface area contributed by atoms with Gasteiger partial charge >= 0.3 is 0 Å². The number of aromatic nitrogens is 4. The van der Waals surface area contributed by atoms with Crippen LogP contribution in [0, 0.1) is 0 Å². The zero-order chi connectivity index (χ0) is 21.2. The molecular formula is C23H21N5O2S. The van der Waals surface area contributed by atoms with Gasteiger partial charge in [0.25, 0.3) is 5.56 Å². The fourth-order valence-electron chi connectivity index (χ4n) is 3.53. The van der Waals surface area contributed by atoms with Crippen LogP contribution in [-0.4, -0.2) is 42.4 Å². The first kappa shape index (κ1) is 19.6. The predicted molar refractivity (Wildman–Crippen MR) is 120 cm³/mol. The van der Waals surface area contributed by atoms with Gasteiger partial charge in [0, 0.05) is 12.6 Å². The first-order valence-corrected chi connectivity index (χ1v) is 11.2. The average Bonchev–Trinajstić information content (AvgIpc) is 3.55. The van der Waals surface area contributed by atoms with Crippen LogP contribution in [0.3, 0.4) is 0 Å². The number of hydrogen-bond acceptors (Lipinski definition) is 5. The van der Waals surface area contributed by atoms with Gasteiger partial charge < -0.3 is 9.88 Å². The Morgan fingerprint density at radius 1 is 1.10 bits per heavy atom. The second-order valence-corrected chi connectivity index (χ2v) is 8.49. The Balaban J connectivity index is 1.35. The van der Waals surface area contributed by atoms with Crippen molar-refractivity contribution in [2.45, 2.75) is 30.6 Å². The maximum atomic E-state index is 13.0. The highest BCUT2D eigenvalue weighted by Gasteiger charge is 2.32. The predicted octanol–water partition coefficient (Wildman–Crippen LogP) is 3.39. The Hall–Kier alpha value is -3.39. The van der Waals surface area contributed by atoms with Crippen molar-refractivity contribution in [3.05, 3.63) is 82.8 Å². The fraction of sp³-hybridized carbons (Fsp3) is 0.217. The van der Waals surface area contributed by atoms with Crippen LogP contribution in [0.25, 0.3) is 16.7 Å². The third-order valence-electron chi connectivity index (χ3n) is 5.25. The van der Waals surface area contributed by atoms with E-state index in [9.17, 15) is 9.59 Å². The van der Waals surface area contributed by atoms with Gasteiger partial charge in [-0.1, -0.05) is 60.3 Å². The van der Waals surface area contributed by atoms with Gasteiger partial charge in [-0.2, -0.15) is 5.10 Å².